The second kappa shape index (κ2) is 6.36. The molecule has 0 radical (unpaired) electrons. The zero-order valence-corrected chi connectivity index (χ0v) is 11.3. The molecule has 2 fully saturated rings. The fraction of sp³-hybridized carbons (Fsp3) is 0.857. The van der Waals surface area contributed by atoms with Crippen LogP contribution >= 0.6 is 0 Å². The van der Waals surface area contributed by atoms with Crippen molar-refractivity contribution in [1.29, 1.82) is 5.26 Å². The standard InChI is InChI=1S/C14H22N2O3/c15-11-14(5-9-19-10-6-14)13(18)16(7-8-17)12-3-1-2-4-12/h12,17H,1-10H2. The summed E-state index contributed by atoms with van der Waals surface area (Å²) in [5, 5.41) is 18.7. The van der Waals surface area contributed by atoms with E-state index in [1.165, 1.54) is 0 Å². The summed E-state index contributed by atoms with van der Waals surface area (Å²) in [6.45, 7) is 1.24. The number of aliphatic hydroxyl groups excluding tert-OH is 1. The van der Waals surface area contributed by atoms with Crippen LogP contribution in [0.2, 0.25) is 0 Å². The number of ether oxygens (including phenoxy) is 1. The number of nitrogens with zero attached hydrogens (tertiary/aromatic N) is 2. The summed E-state index contributed by atoms with van der Waals surface area (Å²) < 4.78 is 5.27. The van der Waals surface area contributed by atoms with E-state index in [9.17, 15) is 15.2 Å². The minimum atomic E-state index is -0.935. The van der Waals surface area contributed by atoms with Gasteiger partial charge in [-0.05, 0) is 25.7 Å². The average Bonchev–Trinajstić information content (AvgIpc) is 2.98. The van der Waals surface area contributed by atoms with Crippen molar-refractivity contribution in [3.63, 3.8) is 0 Å². The molecule has 0 bridgehead atoms. The molecule has 1 heterocycles. The zero-order valence-electron chi connectivity index (χ0n) is 11.3. The maximum atomic E-state index is 12.8. The molecule has 5 heteroatoms. The van der Waals surface area contributed by atoms with Crippen LogP contribution in [-0.2, 0) is 9.53 Å². The Balaban J connectivity index is 2.14. The maximum absolute atomic E-state index is 12.8. The minimum absolute atomic E-state index is 0.0414. The predicted molar refractivity (Wildman–Crippen MR) is 69.2 cm³/mol. The second-order valence-corrected chi connectivity index (χ2v) is 5.47. The highest BCUT2D eigenvalue weighted by Crippen LogP contribution is 2.34. The highest BCUT2D eigenvalue weighted by molar-refractivity contribution is 5.86. The van der Waals surface area contributed by atoms with E-state index in [1.54, 1.807) is 4.90 Å². The minimum Gasteiger partial charge on any atom is -0.395 e. The Labute approximate surface area is 114 Å². The first-order valence-electron chi connectivity index (χ1n) is 7.14. The zero-order chi connectivity index (χ0) is 13.7. The second-order valence-electron chi connectivity index (χ2n) is 5.47. The summed E-state index contributed by atoms with van der Waals surface area (Å²) in [4.78, 5) is 14.5. The third-order valence-corrected chi connectivity index (χ3v) is 4.34. The lowest BCUT2D eigenvalue weighted by molar-refractivity contribution is -0.146. The van der Waals surface area contributed by atoms with Crippen LogP contribution in [0, 0.1) is 16.7 Å². The topological polar surface area (TPSA) is 73.6 Å². The van der Waals surface area contributed by atoms with Gasteiger partial charge in [0.15, 0.2) is 0 Å². The lowest BCUT2D eigenvalue weighted by atomic mass is 9.80. The largest absolute Gasteiger partial charge is 0.395 e. The molecule has 1 saturated carbocycles. The van der Waals surface area contributed by atoms with Crippen LogP contribution < -0.4 is 0 Å². The Kier molecular flexibility index (Phi) is 4.78. The SMILES string of the molecule is N#CC1(C(=O)N(CCO)C2CCCC2)CCOCC1. The first kappa shape index (κ1) is 14.3. The third kappa shape index (κ3) is 2.90. The Hall–Kier alpha value is -1.12. The molecule has 0 aromatic carbocycles. The van der Waals surface area contributed by atoms with Crippen LogP contribution in [0.15, 0.2) is 0 Å². The van der Waals surface area contributed by atoms with Gasteiger partial charge in [-0.2, -0.15) is 5.26 Å². The average molecular weight is 266 g/mol. The molecule has 2 rings (SSSR count). The monoisotopic (exact) mass is 266 g/mol. The summed E-state index contributed by atoms with van der Waals surface area (Å²) in [7, 11) is 0. The number of aliphatic hydroxyl groups is 1. The molecule has 1 amide bonds. The molecule has 1 aliphatic heterocycles. The molecular weight excluding hydrogens is 244 g/mol. The van der Waals surface area contributed by atoms with Crippen molar-refractivity contribution in [2.45, 2.75) is 44.6 Å². The number of hydrogen-bond donors (Lipinski definition) is 1. The fourth-order valence-corrected chi connectivity index (χ4v) is 3.14. The molecule has 1 saturated heterocycles. The van der Waals surface area contributed by atoms with Crippen molar-refractivity contribution < 1.29 is 14.6 Å². The molecule has 0 aromatic heterocycles. The number of amides is 1. The van der Waals surface area contributed by atoms with E-state index in [0.29, 0.717) is 32.6 Å². The quantitative estimate of drug-likeness (QED) is 0.826. The van der Waals surface area contributed by atoms with Gasteiger partial charge in [0.05, 0.1) is 12.7 Å². The number of rotatable bonds is 4. The highest BCUT2D eigenvalue weighted by Gasteiger charge is 2.44. The van der Waals surface area contributed by atoms with E-state index in [2.05, 4.69) is 6.07 Å². The molecular formula is C14H22N2O3. The molecule has 5 nitrogen and oxygen atoms in total. The summed E-state index contributed by atoms with van der Waals surface area (Å²) in [5.74, 6) is -0.0979. The molecule has 0 spiro atoms. The van der Waals surface area contributed by atoms with Crippen LogP contribution in [0.3, 0.4) is 0 Å². The van der Waals surface area contributed by atoms with E-state index in [0.717, 1.165) is 25.7 Å². The molecule has 106 valence electrons. The van der Waals surface area contributed by atoms with Crippen LogP contribution in [0.1, 0.15) is 38.5 Å². The fourth-order valence-electron chi connectivity index (χ4n) is 3.14. The number of nitriles is 1. The lowest BCUT2D eigenvalue weighted by Crippen LogP contribution is -2.50. The Morgan fingerprint density at radius 3 is 2.53 bits per heavy atom. The van der Waals surface area contributed by atoms with Gasteiger partial charge in [0.25, 0.3) is 0 Å². The van der Waals surface area contributed by atoms with Crippen molar-refractivity contribution in [3.05, 3.63) is 0 Å². The summed E-state index contributed by atoms with van der Waals surface area (Å²) >= 11 is 0. The van der Waals surface area contributed by atoms with Gasteiger partial charge < -0.3 is 14.7 Å². The molecule has 0 aromatic rings. The Bertz CT molecular complexity index is 352. The molecule has 1 aliphatic carbocycles. The van der Waals surface area contributed by atoms with E-state index in [4.69, 9.17) is 4.74 Å². The van der Waals surface area contributed by atoms with Crippen molar-refractivity contribution in [1.82, 2.24) is 4.90 Å². The lowest BCUT2D eigenvalue weighted by Gasteiger charge is -2.37. The highest BCUT2D eigenvalue weighted by atomic mass is 16.5. The van der Waals surface area contributed by atoms with Crippen molar-refractivity contribution in [2.75, 3.05) is 26.4 Å². The van der Waals surface area contributed by atoms with Gasteiger partial charge in [0.1, 0.15) is 5.41 Å². The molecule has 1 N–H and O–H groups in total. The normalized spacial score (nSPS) is 22.9. The maximum Gasteiger partial charge on any atom is 0.243 e. The van der Waals surface area contributed by atoms with E-state index >= 15 is 0 Å². The van der Waals surface area contributed by atoms with Crippen molar-refractivity contribution in [2.24, 2.45) is 5.41 Å². The molecule has 0 atom stereocenters. The molecule has 19 heavy (non-hydrogen) atoms. The van der Waals surface area contributed by atoms with Crippen LogP contribution in [-0.4, -0.2) is 48.3 Å². The first-order valence-corrected chi connectivity index (χ1v) is 7.14. The smallest absolute Gasteiger partial charge is 0.243 e. The molecule has 0 unspecified atom stereocenters. The van der Waals surface area contributed by atoms with Gasteiger partial charge in [-0.1, -0.05) is 12.8 Å². The van der Waals surface area contributed by atoms with Gasteiger partial charge in [-0.25, -0.2) is 0 Å². The van der Waals surface area contributed by atoms with Gasteiger partial charge >= 0.3 is 0 Å². The van der Waals surface area contributed by atoms with Crippen molar-refractivity contribution >= 4 is 5.91 Å². The molecule has 2 aliphatic rings. The number of hydrogen-bond acceptors (Lipinski definition) is 4. The third-order valence-electron chi connectivity index (χ3n) is 4.34. The van der Waals surface area contributed by atoms with Gasteiger partial charge in [-0.15, -0.1) is 0 Å². The van der Waals surface area contributed by atoms with Crippen LogP contribution in [0.25, 0.3) is 0 Å². The van der Waals surface area contributed by atoms with Crippen molar-refractivity contribution in [3.8, 4) is 6.07 Å². The summed E-state index contributed by atoms with van der Waals surface area (Å²) in [6, 6.07) is 2.43. The Morgan fingerprint density at radius 1 is 1.37 bits per heavy atom. The predicted octanol–water partition coefficient (Wildman–Crippen LogP) is 1.07. The van der Waals surface area contributed by atoms with Gasteiger partial charge in [0.2, 0.25) is 5.91 Å². The van der Waals surface area contributed by atoms with E-state index < -0.39 is 5.41 Å². The Morgan fingerprint density at radius 2 is 2.00 bits per heavy atom. The summed E-state index contributed by atoms with van der Waals surface area (Å²) in [5.41, 5.74) is -0.935. The number of carbonyl (C=O) groups excluding carboxylic acids is 1. The number of carbonyl (C=O) groups is 1. The van der Waals surface area contributed by atoms with Crippen LogP contribution in [0.5, 0.6) is 0 Å². The van der Waals surface area contributed by atoms with Gasteiger partial charge in [-0.3, -0.25) is 4.79 Å². The van der Waals surface area contributed by atoms with E-state index in [1.807, 2.05) is 0 Å². The summed E-state index contributed by atoms with van der Waals surface area (Å²) in [6.07, 6.45) is 5.17. The van der Waals surface area contributed by atoms with Crippen LogP contribution in [0.4, 0.5) is 0 Å². The van der Waals surface area contributed by atoms with Gasteiger partial charge in [0, 0.05) is 25.8 Å². The first-order chi connectivity index (χ1) is 9.23. The van der Waals surface area contributed by atoms with E-state index in [-0.39, 0.29) is 18.6 Å².